The standard InChI is InChI=1S/C11H16.2C10H13Cl/c1-8(2)11-7-5-6-9(3)10(11)4;1-7(2)9-5-4-6-10(11)8(9)3;1-7(2)9-6-4-5-8(3)10(9)11/h5-8H,1-4H3;2*4-7H,1-3H3. The van der Waals surface area contributed by atoms with Gasteiger partial charge in [0.25, 0.3) is 0 Å². The lowest BCUT2D eigenvalue weighted by Crippen LogP contribution is -1.93. The molecule has 0 heterocycles. The molecule has 3 rings (SSSR count). The molecule has 2 heteroatoms. The van der Waals surface area contributed by atoms with Crippen molar-refractivity contribution < 1.29 is 0 Å². The summed E-state index contributed by atoms with van der Waals surface area (Å²) in [5.41, 5.74) is 9.29. The van der Waals surface area contributed by atoms with Crippen LogP contribution in [0.1, 0.15) is 98.2 Å². The molecular formula is C31H42Cl2. The maximum absolute atomic E-state index is 6.09. The second-order valence-corrected chi connectivity index (χ2v) is 10.5. The van der Waals surface area contributed by atoms with Crippen LogP contribution in [-0.4, -0.2) is 0 Å². The highest BCUT2D eigenvalue weighted by molar-refractivity contribution is 6.32. The van der Waals surface area contributed by atoms with E-state index in [2.05, 4.69) is 98.7 Å². The lowest BCUT2D eigenvalue weighted by molar-refractivity contribution is 0.854. The van der Waals surface area contributed by atoms with Gasteiger partial charge in [-0.05, 0) is 90.5 Å². The van der Waals surface area contributed by atoms with E-state index in [0.717, 1.165) is 15.6 Å². The first kappa shape index (κ1) is 29.3. The fourth-order valence-corrected chi connectivity index (χ4v) is 4.29. The Morgan fingerprint density at radius 2 is 0.879 bits per heavy atom. The van der Waals surface area contributed by atoms with Gasteiger partial charge < -0.3 is 0 Å². The molecule has 3 aromatic rings. The summed E-state index contributed by atoms with van der Waals surface area (Å²) in [6.45, 7) is 21.6. The molecule has 0 amide bonds. The molecule has 0 aliphatic heterocycles. The Hall–Kier alpha value is -1.76. The maximum atomic E-state index is 6.09. The Labute approximate surface area is 213 Å². The first-order valence-electron chi connectivity index (χ1n) is 11.9. The Bertz CT molecular complexity index is 881. The molecule has 0 nitrogen and oxygen atoms in total. The number of aryl methyl sites for hydroxylation is 2. The molecule has 0 bridgehead atoms. The second-order valence-electron chi connectivity index (χ2n) is 9.69. The zero-order valence-corrected chi connectivity index (χ0v) is 23.7. The van der Waals surface area contributed by atoms with E-state index in [1.54, 1.807) is 0 Å². The van der Waals surface area contributed by atoms with Crippen molar-refractivity contribution in [3.8, 4) is 0 Å². The zero-order valence-electron chi connectivity index (χ0n) is 22.2. The van der Waals surface area contributed by atoms with Crippen molar-refractivity contribution >= 4 is 23.2 Å². The number of halogens is 2. The first-order chi connectivity index (χ1) is 15.4. The largest absolute Gasteiger partial charge is 0.0840 e. The van der Waals surface area contributed by atoms with E-state index >= 15 is 0 Å². The topological polar surface area (TPSA) is 0 Å². The normalized spacial score (nSPS) is 10.6. The number of hydrogen-bond donors (Lipinski definition) is 0. The first-order valence-corrected chi connectivity index (χ1v) is 12.7. The summed E-state index contributed by atoms with van der Waals surface area (Å²) in [7, 11) is 0. The van der Waals surface area contributed by atoms with Gasteiger partial charge in [0.05, 0.1) is 0 Å². The third-order valence-corrected chi connectivity index (χ3v) is 6.97. The van der Waals surface area contributed by atoms with Crippen LogP contribution in [0.3, 0.4) is 0 Å². The molecule has 0 saturated heterocycles. The van der Waals surface area contributed by atoms with Gasteiger partial charge in [-0.2, -0.15) is 0 Å². The number of rotatable bonds is 3. The van der Waals surface area contributed by atoms with Gasteiger partial charge in [-0.15, -0.1) is 0 Å². The Balaban J connectivity index is 0.000000247. The predicted octanol–water partition coefficient (Wildman–Crippen LogP) is 11.0. The van der Waals surface area contributed by atoms with Gasteiger partial charge in [-0.3, -0.25) is 0 Å². The van der Waals surface area contributed by atoms with E-state index in [9.17, 15) is 0 Å². The van der Waals surface area contributed by atoms with Crippen molar-refractivity contribution in [1.82, 2.24) is 0 Å². The fourth-order valence-electron chi connectivity index (χ4n) is 3.76. The van der Waals surface area contributed by atoms with E-state index in [1.807, 2.05) is 25.1 Å². The van der Waals surface area contributed by atoms with Gasteiger partial charge in [-0.1, -0.05) is 113 Å². The van der Waals surface area contributed by atoms with E-state index in [1.165, 1.54) is 33.4 Å². The van der Waals surface area contributed by atoms with Gasteiger partial charge in [0, 0.05) is 10.0 Å². The monoisotopic (exact) mass is 484 g/mol. The van der Waals surface area contributed by atoms with E-state index in [4.69, 9.17) is 23.2 Å². The second kappa shape index (κ2) is 13.8. The van der Waals surface area contributed by atoms with Crippen molar-refractivity contribution in [3.63, 3.8) is 0 Å². The predicted molar refractivity (Wildman–Crippen MR) is 151 cm³/mol. The number of hydrogen-bond acceptors (Lipinski definition) is 0. The highest BCUT2D eigenvalue weighted by atomic mass is 35.5. The molecule has 0 fully saturated rings. The van der Waals surface area contributed by atoms with Crippen LogP contribution in [0.5, 0.6) is 0 Å². The molecular weight excluding hydrogens is 443 g/mol. The quantitative estimate of drug-likeness (QED) is 0.346. The molecule has 0 aliphatic carbocycles. The van der Waals surface area contributed by atoms with Crippen LogP contribution in [0.2, 0.25) is 10.0 Å². The van der Waals surface area contributed by atoms with Gasteiger partial charge in [0.15, 0.2) is 0 Å². The summed E-state index contributed by atoms with van der Waals surface area (Å²) in [5, 5.41) is 1.79. The van der Waals surface area contributed by atoms with Crippen LogP contribution in [0.4, 0.5) is 0 Å². The molecule has 0 aliphatic rings. The molecule has 0 aromatic heterocycles. The average molecular weight is 486 g/mol. The Morgan fingerprint density at radius 1 is 0.485 bits per heavy atom. The van der Waals surface area contributed by atoms with Crippen molar-refractivity contribution in [2.75, 3.05) is 0 Å². The van der Waals surface area contributed by atoms with Crippen LogP contribution in [0, 0.1) is 27.7 Å². The highest BCUT2D eigenvalue weighted by Gasteiger charge is 2.06. The fraction of sp³-hybridized carbons (Fsp3) is 0.419. The molecule has 0 radical (unpaired) electrons. The van der Waals surface area contributed by atoms with E-state index < -0.39 is 0 Å². The summed E-state index contributed by atoms with van der Waals surface area (Å²) >= 11 is 12.0. The lowest BCUT2D eigenvalue weighted by Gasteiger charge is -2.10. The minimum Gasteiger partial charge on any atom is -0.0840 e. The minimum atomic E-state index is 0.516. The Morgan fingerprint density at radius 3 is 1.27 bits per heavy atom. The van der Waals surface area contributed by atoms with Gasteiger partial charge in [0.2, 0.25) is 0 Å². The lowest BCUT2D eigenvalue weighted by atomic mass is 9.95. The summed E-state index contributed by atoms with van der Waals surface area (Å²) in [6, 6.07) is 18.8. The summed E-state index contributed by atoms with van der Waals surface area (Å²) in [6.07, 6.45) is 0. The summed E-state index contributed by atoms with van der Waals surface area (Å²) < 4.78 is 0. The number of benzene rings is 3. The van der Waals surface area contributed by atoms with Crippen molar-refractivity contribution in [2.45, 2.75) is 87.0 Å². The van der Waals surface area contributed by atoms with Crippen LogP contribution in [0.15, 0.2) is 54.6 Å². The Kier molecular flexibility index (Phi) is 12.3. The molecule has 0 N–H and O–H groups in total. The molecule has 0 spiro atoms. The smallest absolute Gasteiger partial charge is 0.0469 e. The van der Waals surface area contributed by atoms with Gasteiger partial charge in [-0.25, -0.2) is 0 Å². The highest BCUT2D eigenvalue weighted by Crippen LogP contribution is 2.27. The van der Waals surface area contributed by atoms with Gasteiger partial charge >= 0.3 is 0 Å². The van der Waals surface area contributed by atoms with Crippen molar-refractivity contribution in [2.24, 2.45) is 0 Å². The maximum Gasteiger partial charge on any atom is 0.0469 e. The van der Waals surface area contributed by atoms with E-state index in [-0.39, 0.29) is 0 Å². The molecule has 3 aromatic carbocycles. The van der Waals surface area contributed by atoms with Crippen LogP contribution < -0.4 is 0 Å². The van der Waals surface area contributed by atoms with Crippen molar-refractivity contribution in [1.29, 1.82) is 0 Å². The molecule has 0 saturated carbocycles. The van der Waals surface area contributed by atoms with Crippen molar-refractivity contribution in [3.05, 3.63) is 104 Å². The third kappa shape index (κ3) is 8.84. The molecule has 0 atom stereocenters. The van der Waals surface area contributed by atoms with Crippen LogP contribution in [-0.2, 0) is 0 Å². The van der Waals surface area contributed by atoms with E-state index in [0.29, 0.717) is 17.8 Å². The summed E-state index contributed by atoms with van der Waals surface area (Å²) in [4.78, 5) is 0. The average Bonchev–Trinajstić information content (AvgIpc) is 2.74. The van der Waals surface area contributed by atoms with Crippen LogP contribution in [0.25, 0.3) is 0 Å². The third-order valence-electron chi connectivity index (χ3n) is 6.04. The summed E-state index contributed by atoms with van der Waals surface area (Å²) in [5.74, 6) is 1.73. The SMILES string of the molecule is Cc1c(Cl)cccc1C(C)C.Cc1cccc(C(C)C)c1C.Cc1cccc(C(C)C)c1Cl. The molecule has 0 unspecified atom stereocenters. The molecule has 180 valence electrons. The van der Waals surface area contributed by atoms with Gasteiger partial charge in [0.1, 0.15) is 0 Å². The van der Waals surface area contributed by atoms with Crippen LogP contribution >= 0.6 is 23.2 Å². The minimum absolute atomic E-state index is 0.516. The zero-order chi connectivity index (χ0) is 25.3. The molecule has 33 heavy (non-hydrogen) atoms.